The van der Waals surface area contributed by atoms with Crippen LogP contribution in [0.25, 0.3) is 10.9 Å². The lowest BCUT2D eigenvalue weighted by Gasteiger charge is -2.24. The highest BCUT2D eigenvalue weighted by atomic mass is 35.5. The van der Waals surface area contributed by atoms with Crippen LogP contribution in [0.2, 0.25) is 5.02 Å². The van der Waals surface area contributed by atoms with Crippen LogP contribution < -0.4 is 0 Å². The summed E-state index contributed by atoms with van der Waals surface area (Å²) in [5.41, 5.74) is 3.11. The minimum Gasteiger partial charge on any atom is -0.377 e. The summed E-state index contributed by atoms with van der Waals surface area (Å²) in [4.78, 5) is 6.85. The Morgan fingerprint density at radius 1 is 1.23 bits per heavy atom. The molecule has 6 heteroatoms. The van der Waals surface area contributed by atoms with Gasteiger partial charge in [0.05, 0.1) is 28.0 Å². The zero-order valence-corrected chi connectivity index (χ0v) is 15.7. The fourth-order valence-corrected chi connectivity index (χ4v) is 3.94. The molecule has 0 radical (unpaired) electrons. The minimum absolute atomic E-state index is 0.282. The molecule has 2 aromatic heterocycles. The van der Waals surface area contributed by atoms with Crippen LogP contribution in [-0.2, 0) is 24.9 Å². The fourth-order valence-electron chi connectivity index (χ4n) is 3.66. The van der Waals surface area contributed by atoms with E-state index in [4.69, 9.17) is 21.4 Å². The molecular formula is C20H23ClN4O. The monoisotopic (exact) mass is 370 g/mol. The first-order chi connectivity index (χ1) is 12.7. The lowest BCUT2D eigenvalue weighted by Crippen LogP contribution is -2.32. The third-order valence-corrected chi connectivity index (χ3v) is 5.19. The van der Waals surface area contributed by atoms with Gasteiger partial charge < -0.3 is 4.74 Å². The molecule has 136 valence electrons. The summed E-state index contributed by atoms with van der Waals surface area (Å²) >= 11 is 6.48. The molecule has 0 saturated carbocycles. The number of halogens is 1. The smallest absolute Gasteiger partial charge is 0.0858 e. The number of aryl methyl sites for hydroxylation is 1. The standard InChI is InChI=1S/C20H23ClN4O/c1-24-19-9-4-8-17(21)20(19)18(23-24)14-25(13-16-7-5-11-26-16)12-15-6-2-3-10-22-15/h2-4,6,8-10,16H,5,7,11-14H2,1H3/t16-/m1/s1. The first-order valence-corrected chi connectivity index (χ1v) is 9.42. The van der Waals surface area contributed by atoms with Crippen molar-refractivity contribution in [3.63, 3.8) is 0 Å². The van der Waals surface area contributed by atoms with E-state index in [0.717, 1.165) is 66.4 Å². The van der Waals surface area contributed by atoms with E-state index in [0.29, 0.717) is 0 Å². The highest BCUT2D eigenvalue weighted by Crippen LogP contribution is 2.28. The number of hydrogen-bond acceptors (Lipinski definition) is 4. The van der Waals surface area contributed by atoms with Crippen LogP contribution in [0.4, 0.5) is 0 Å². The molecule has 0 bridgehead atoms. The predicted molar refractivity (Wildman–Crippen MR) is 103 cm³/mol. The van der Waals surface area contributed by atoms with Crippen LogP contribution in [0.5, 0.6) is 0 Å². The van der Waals surface area contributed by atoms with Gasteiger partial charge in [0, 0.05) is 44.9 Å². The zero-order valence-electron chi connectivity index (χ0n) is 14.9. The van der Waals surface area contributed by atoms with Crippen molar-refractivity contribution in [2.45, 2.75) is 32.0 Å². The van der Waals surface area contributed by atoms with Crippen LogP contribution in [0.1, 0.15) is 24.2 Å². The van der Waals surface area contributed by atoms with E-state index in [1.165, 1.54) is 0 Å². The van der Waals surface area contributed by atoms with Crippen LogP contribution in [0.15, 0.2) is 42.6 Å². The van der Waals surface area contributed by atoms with Crippen LogP contribution in [0, 0.1) is 0 Å². The summed E-state index contributed by atoms with van der Waals surface area (Å²) in [6.07, 6.45) is 4.37. The second kappa shape index (κ2) is 7.74. The predicted octanol–water partition coefficient (Wildman–Crippen LogP) is 3.80. The van der Waals surface area contributed by atoms with E-state index >= 15 is 0 Å². The van der Waals surface area contributed by atoms with Gasteiger partial charge in [-0.1, -0.05) is 23.7 Å². The highest BCUT2D eigenvalue weighted by Gasteiger charge is 2.22. The fraction of sp³-hybridized carbons (Fsp3) is 0.400. The van der Waals surface area contributed by atoms with Gasteiger partial charge in [0.1, 0.15) is 0 Å². The molecule has 0 aliphatic carbocycles. The number of nitrogens with zero attached hydrogens (tertiary/aromatic N) is 4. The quantitative estimate of drug-likeness (QED) is 0.662. The summed E-state index contributed by atoms with van der Waals surface area (Å²) in [6.45, 7) is 3.22. The van der Waals surface area contributed by atoms with Crippen molar-refractivity contribution in [3.05, 3.63) is 59.0 Å². The van der Waals surface area contributed by atoms with Crippen LogP contribution >= 0.6 is 11.6 Å². The molecule has 1 atom stereocenters. The second-order valence-corrected chi connectivity index (χ2v) is 7.24. The largest absolute Gasteiger partial charge is 0.377 e. The van der Waals surface area contributed by atoms with Gasteiger partial charge in [-0.2, -0.15) is 5.10 Å². The Bertz CT molecular complexity index is 874. The lowest BCUT2D eigenvalue weighted by atomic mass is 10.1. The number of benzene rings is 1. The third kappa shape index (κ3) is 3.75. The van der Waals surface area contributed by atoms with Crippen molar-refractivity contribution in [3.8, 4) is 0 Å². The van der Waals surface area contributed by atoms with E-state index in [9.17, 15) is 0 Å². The number of rotatable bonds is 6. The summed E-state index contributed by atoms with van der Waals surface area (Å²) in [5, 5.41) is 6.52. The molecule has 0 unspecified atom stereocenters. The van der Waals surface area contributed by atoms with Gasteiger partial charge in [0.15, 0.2) is 0 Å². The second-order valence-electron chi connectivity index (χ2n) is 6.83. The number of fused-ring (bicyclic) bond motifs is 1. The number of aromatic nitrogens is 3. The molecule has 3 heterocycles. The van der Waals surface area contributed by atoms with E-state index in [2.05, 4.69) is 22.0 Å². The van der Waals surface area contributed by atoms with Crippen molar-refractivity contribution in [1.29, 1.82) is 0 Å². The molecule has 1 aliphatic rings. The van der Waals surface area contributed by atoms with E-state index in [1.54, 1.807) is 0 Å². The summed E-state index contributed by atoms with van der Waals surface area (Å²) in [7, 11) is 1.96. The van der Waals surface area contributed by atoms with Crippen molar-refractivity contribution in [2.75, 3.05) is 13.2 Å². The molecule has 1 aromatic carbocycles. The Morgan fingerprint density at radius 2 is 2.15 bits per heavy atom. The van der Waals surface area contributed by atoms with Crippen molar-refractivity contribution >= 4 is 22.5 Å². The third-order valence-electron chi connectivity index (χ3n) is 4.87. The molecule has 4 rings (SSSR count). The summed E-state index contributed by atoms with van der Waals surface area (Å²) < 4.78 is 7.77. The summed E-state index contributed by atoms with van der Waals surface area (Å²) in [6, 6.07) is 12.0. The molecule has 1 fully saturated rings. The van der Waals surface area contributed by atoms with Crippen molar-refractivity contribution < 1.29 is 4.74 Å². The number of hydrogen-bond donors (Lipinski definition) is 0. The van der Waals surface area contributed by atoms with Crippen LogP contribution in [-0.4, -0.2) is 38.9 Å². The maximum atomic E-state index is 6.48. The van der Waals surface area contributed by atoms with Gasteiger partial charge in [-0.15, -0.1) is 0 Å². The van der Waals surface area contributed by atoms with Crippen molar-refractivity contribution in [1.82, 2.24) is 19.7 Å². The van der Waals surface area contributed by atoms with Gasteiger partial charge in [0.25, 0.3) is 0 Å². The average Bonchev–Trinajstić information content (AvgIpc) is 3.25. The van der Waals surface area contributed by atoms with Crippen LogP contribution in [0.3, 0.4) is 0 Å². The Balaban J connectivity index is 1.61. The number of ether oxygens (including phenoxy) is 1. The van der Waals surface area contributed by atoms with Gasteiger partial charge in [-0.05, 0) is 37.1 Å². The molecule has 0 spiro atoms. The molecule has 26 heavy (non-hydrogen) atoms. The Kier molecular flexibility index (Phi) is 5.20. The molecule has 3 aromatic rings. The topological polar surface area (TPSA) is 43.2 Å². The van der Waals surface area contributed by atoms with E-state index in [-0.39, 0.29) is 6.10 Å². The molecular weight excluding hydrogens is 348 g/mol. The number of pyridine rings is 1. The Labute approximate surface area is 158 Å². The first-order valence-electron chi connectivity index (χ1n) is 9.04. The molecule has 0 amide bonds. The molecule has 0 N–H and O–H groups in total. The molecule has 1 aliphatic heterocycles. The summed E-state index contributed by atoms with van der Waals surface area (Å²) in [5.74, 6) is 0. The SMILES string of the molecule is Cn1nc(CN(Cc2ccccn2)C[C@H]2CCCO2)c2c(Cl)cccc21. The lowest BCUT2D eigenvalue weighted by molar-refractivity contribution is 0.0671. The molecule has 1 saturated heterocycles. The Hall–Kier alpha value is -1.95. The normalized spacial score (nSPS) is 17.4. The first kappa shape index (κ1) is 17.5. The minimum atomic E-state index is 0.282. The Morgan fingerprint density at radius 3 is 2.92 bits per heavy atom. The van der Waals surface area contributed by atoms with E-state index < -0.39 is 0 Å². The average molecular weight is 371 g/mol. The molecule has 5 nitrogen and oxygen atoms in total. The van der Waals surface area contributed by atoms with Gasteiger partial charge in [-0.25, -0.2) is 0 Å². The van der Waals surface area contributed by atoms with Gasteiger partial charge in [-0.3, -0.25) is 14.6 Å². The maximum Gasteiger partial charge on any atom is 0.0858 e. The highest BCUT2D eigenvalue weighted by molar-refractivity contribution is 6.35. The van der Waals surface area contributed by atoms with Gasteiger partial charge in [0.2, 0.25) is 0 Å². The maximum absolute atomic E-state index is 6.48. The zero-order chi connectivity index (χ0) is 17.9. The van der Waals surface area contributed by atoms with E-state index in [1.807, 2.05) is 42.2 Å². The van der Waals surface area contributed by atoms with Gasteiger partial charge >= 0.3 is 0 Å². The van der Waals surface area contributed by atoms with Crippen molar-refractivity contribution in [2.24, 2.45) is 7.05 Å².